The van der Waals surface area contributed by atoms with E-state index in [9.17, 15) is 4.79 Å². The Morgan fingerprint density at radius 1 is 1.08 bits per heavy atom. The molecule has 122 valence electrons. The van der Waals surface area contributed by atoms with Crippen LogP contribution in [0.4, 0.5) is 5.69 Å². The first-order valence-corrected chi connectivity index (χ1v) is 9.28. The summed E-state index contributed by atoms with van der Waals surface area (Å²) in [6, 6.07) is 17.8. The molecule has 0 aromatic heterocycles. The number of nitrogens with zero attached hydrogens (tertiary/aromatic N) is 2. The maximum absolute atomic E-state index is 12.9. The molecule has 1 heterocycles. The normalized spacial score (nSPS) is 15.9. The molecule has 0 bridgehead atoms. The lowest BCUT2D eigenvalue weighted by Crippen LogP contribution is -2.21. The lowest BCUT2D eigenvalue weighted by molar-refractivity contribution is -0.114. The minimum atomic E-state index is -0.0569. The highest BCUT2D eigenvalue weighted by molar-refractivity contribution is 7.98. The van der Waals surface area contributed by atoms with Crippen molar-refractivity contribution in [1.82, 2.24) is 0 Å². The Morgan fingerprint density at radius 2 is 1.79 bits per heavy atom. The zero-order chi connectivity index (χ0) is 16.9. The van der Waals surface area contributed by atoms with E-state index < -0.39 is 0 Å². The molecule has 0 radical (unpaired) electrons. The fourth-order valence-corrected chi connectivity index (χ4v) is 3.04. The number of hydrogen-bond acceptors (Lipinski definition) is 3. The number of para-hydroxylation sites is 1. The van der Waals surface area contributed by atoms with Crippen molar-refractivity contribution < 1.29 is 4.79 Å². The first kappa shape index (κ1) is 16.5. The standard InChI is InChI=1S/C20H20N2OS/c1-3-7-19-18(14-15-10-12-17(24-2)13-11-15)20(23)22(21-19)16-8-5-4-6-9-16/h4-6,8-14H,3,7H2,1-2H3/b18-14+. The SMILES string of the molecule is CCCC1=NN(c2ccccc2)C(=O)/C1=C/c1ccc(SC)cc1. The van der Waals surface area contributed by atoms with Crippen LogP contribution in [0.25, 0.3) is 6.08 Å². The van der Waals surface area contributed by atoms with E-state index >= 15 is 0 Å². The van der Waals surface area contributed by atoms with Gasteiger partial charge in [-0.1, -0.05) is 43.7 Å². The molecule has 2 aromatic rings. The van der Waals surface area contributed by atoms with Crippen molar-refractivity contribution in [2.45, 2.75) is 24.7 Å². The van der Waals surface area contributed by atoms with Crippen LogP contribution in [0, 0.1) is 0 Å². The van der Waals surface area contributed by atoms with E-state index in [1.54, 1.807) is 11.8 Å². The van der Waals surface area contributed by atoms with Gasteiger partial charge < -0.3 is 0 Å². The number of amides is 1. The maximum atomic E-state index is 12.9. The maximum Gasteiger partial charge on any atom is 0.280 e. The summed E-state index contributed by atoms with van der Waals surface area (Å²) in [7, 11) is 0. The van der Waals surface area contributed by atoms with Gasteiger partial charge in [0.25, 0.3) is 5.91 Å². The molecule has 2 aromatic carbocycles. The summed E-state index contributed by atoms with van der Waals surface area (Å²) in [6.07, 6.45) is 5.75. The third kappa shape index (κ3) is 3.44. The smallest absolute Gasteiger partial charge is 0.267 e. The van der Waals surface area contributed by atoms with E-state index in [1.807, 2.05) is 48.5 Å². The Kier molecular flexibility index (Phi) is 5.16. The molecule has 0 saturated heterocycles. The van der Waals surface area contributed by atoms with Crippen LogP contribution in [-0.4, -0.2) is 17.9 Å². The number of carbonyl (C=O) groups excluding carboxylic acids is 1. The Hall–Kier alpha value is -2.33. The van der Waals surface area contributed by atoms with Crippen LogP contribution in [-0.2, 0) is 4.79 Å². The van der Waals surface area contributed by atoms with Crippen molar-refractivity contribution in [1.29, 1.82) is 0 Å². The topological polar surface area (TPSA) is 32.7 Å². The highest BCUT2D eigenvalue weighted by Crippen LogP contribution is 2.27. The average molecular weight is 336 g/mol. The Balaban J connectivity index is 1.95. The first-order chi connectivity index (χ1) is 11.7. The zero-order valence-electron chi connectivity index (χ0n) is 13.9. The monoisotopic (exact) mass is 336 g/mol. The lowest BCUT2D eigenvalue weighted by atomic mass is 10.0. The van der Waals surface area contributed by atoms with Crippen molar-refractivity contribution in [3.05, 3.63) is 65.7 Å². The summed E-state index contributed by atoms with van der Waals surface area (Å²) in [5, 5.41) is 6.08. The van der Waals surface area contributed by atoms with E-state index in [0.29, 0.717) is 5.57 Å². The molecule has 3 rings (SSSR count). The number of anilines is 1. The van der Waals surface area contributed by atoms with Gasteiger partial charge in [0.05, 0.1) is 17.0 Å². The van der Waals surface area contributed by atoms with Crippen LogP contribution in [0.2, 0.25) is 0 Å². The second-order valence-electron chi connectivity index (χ2n) is 5.58. The molecule has 0 spiro atoms. The van der Waals surface area contributed by atoms with Crippen LogP contribution in [0.5, 0.6) is 0 Å². The summed E-state index contributed by atoms with van der Waals surface area (Å²) in [4.78, 5) is 14.1. The number of benzene rings is 2. The number of hydrazone groups is 1. The fourth-order valence-electron chi connectivity index (χ4n) is 2.64. The van der Waals surface area contributed by atoms with Crippen LogP contribution < -0.4 is 5.01 Å². The van der Waals surface area contributed by atoms with Crippen LogP contribution >= 0.6 is 11.8 Å². The Bertz CT molecular complexity index is 779. The third-order valence-electron chi connectivity index (χ3n) is 3.87. The van der Waals surface area contributed by atoms with Gasteiger partial charge in [0.15, 0.2) is 0 Å². The molecule has 0 fully saturated rings. The molecule has 0 unspecified atom stereocenters. The quantitative estimate of drug-likeness (QED) is 0.569. The molecular formula is C20H20N2OS. The zero-order valence-corrected chi connectivity index (χ0v) is 14.7. The van der Waals surface area contributed by atoms with Crippen molar-refractivity contribution in [3.8, 4) is 0 Å². The first-order valence-electron chi connectivity index (χ1n) is 8.06. The molecule has 1 amide bonds. The van der Waals surface area contributed by atoms with Gasteiger partial charge in [-0.05, 0) is 48.6 Å². The largest absolute Gasteiger partial charge is 0.280 e. The number of rotatable bonds is 5. The van der Waals surface area contributed by atoms with E-state index in [4.69, 9.17) is 0 Å². The highest BCUT2D eigenvalue weighted by Gasteiger charge is 2.30. The molecule has 24 heavy (non-hydrogen) atoms. The summed E-state index contributed by atoms with van der Waals surface area (Å²) in [5.41, 5.74) is 3.38. The van der Waals surface area contributed by atoms with Crippen molar-refractivity contribution in [2.24, 2.45) is 5.10 Å². The fraction of sp³-hybridized carbons (Fsp3) is 0.200. The molecule has 1 aliphatic rings. The molecule has 0 N–H and O–H groups in total. The van der Waals surface area contributed by atoms with Gasteiger partial charge in [-0.15, -0.1) is 11.8 Å². The third-order valence-corrected chi connectivity index (χ3v) is 4.61. The predicted molar refractivity (Wildman–Crippen MR) is 102 cm³/mol. The Morgan fingerprint density at radius 3 is 2.42 bits per heavy atom. The van der Waals surface area contributed by atoms with Gasteiger partial charge in [0.1, 0.15) is 0 Å². The summed E-state index contributed by atoms with van der Waals surface area (Å²) >= 11 is 1.71. The van der Waals surface area contributed by atoms with Crippen molar-refractivity contribution in [2.75, 3.05) is 11.3 Å². The summed E-state index contributed by atoms with van der Waals surface area (Å²) < 4.78 is 0. The summed E-state index contributed by atoms with van der Waals surface area (Å²) in [6.45, 7) is 2.10. The number of carbonyl (C=O) groups is 1. The van der Waals surface area contributed by atoms with Gasteiger partial charge >= 0.3 is 0 Å². The van der Waals surface area contributed by atoms with Gasteiger partial charge in [-0.3, -0.25) is 4.79 Å². The predicted octanol–water partition coefficient (Wildman–Crippen LogP) is 4.99. The van der Waals surface area contributed by atoms with E-state index in [1.165, 1.54) is 9.90 Å². The van der Waals surface area contributed by atoms with E-state index in [-0.39, 0.29) is 5.91 Å². The minimum Gasteiger partial charge on any atom is -0.267 e. The van der Waals surface area contributed by atoms with Crippen molar-refractivity contribution in [3.63, 3.8) is 0 Å². The van der Waals surface area contributed by atoms with Crippen molar-refractivity contribution >= 4 is 35.1 Å². The molecule has 4 heteroatoms. The average Bonchev–Trinajstić information content (AvgIpc) is 2.93. The highest BCUT2D eigenvalue weighted by atomic mass is 32.2. The molecule has 0 aliphatic carbocycles. The molecule has 0 atom stereocenters. The molecule has 3 nitrogen and oxygen atoms in total. The van der Waals surface area contributed by atoms with Gasteiger partial charge in [-0.25, -0.2) is 0 Å². The second kappa shape index (κ2) is 7.49. The molecule has 1 aliphatic heterocycles. The van der Waals surface area contributed by atoms with Crippen LogP contribution in [0.3, 0.4) is 0 Å². The molecule has 0 saturated carbocycles. The summed E-state index contributed by atoms with van der Waals surface area (Å²) in [5.74, 6) is -0.0569. The van der Waals surface area contributed by atoms with E-state index in [2.05, 4.69) is 30.4 Å². The van der Waals surface area contributed by atoms with Crippen LogP contribution in [0.1, 0.15) is 25.3 Å². The van der Waals surface area contributed by atoms with Gasteiger partial charge in [0.2, 0.25) is 0 Å². The van der Waals surface area contributed by atoms with E-state index in [0.717, 1.165) is 29.8 Å². The Labute approximate surface area is 147 Å². The van der Waals surface area contributed by atoms with Gasteiger partial charge in [0, 0.05) is 4.90 Å². The number of thioether (sulfide) groups is 1. The van der Waals surface area contributed by atoms with Crippen LogP contribution in [0.15, 0.2) is 70.2 Å². The minimum absolute atomic E-state index is 0.0569. The van der Waals surface area contributed by atoms with Gasteiger partial charge in [-0.2, -0.15) is 10.1 Å². The number of hydrogen-bond donors (Lipinski definition) is 0. The lowest BCUT2D eigenvalue weighted by Gasteiger charge is -2.11. The molecular weight excluding hydrogens is 316 g/mol. The second-order valence-corrected chi connectivity index (χ2v) is 6.46.